The summed E-state index contributed by atoms with van der Waals surface area (Å²) < 4.78 is 5.29. The Labute approximate surface area is 60.7 Å². The van der Waals surface area contributed by atoms with Crippen LogP contribution >= 0.6 is 0 Å². The Morgan fingerprint density at radius 1 is 1.30 bits per heavy atom. The Kier molecular flexibility index (Phi) is 1.35. The van der Waals surface area contributed by atoms with Gasteiger partial charge < -0.3 is 4.74 Å². The maximum absolute atomic E-state index is 5.29. The van der Waals surface area contributed by atoms with Crippen LogP contribution in [-0.2, 0) is 4.74 Å². The zero-order chi connectivity index (χ0) is 6.81. The lowest BCUT2D eigenvalue weighted by Gasteiger charge is -2.16. The van der Waals surface area contributed by atoms with Gasteiger partial charge in [0.2, 0.25) is 0 Å². The fourth-order valence-electron chi connectivity index (χ4n) is 1.33. The van der Waals surface area contributed by atoms with Gasteiger partial charge in [0, 0.05) is 0 Å². The van der Waals surface area contributed by atoms with Gasteiger partial charge in [-0.05, 0) is 37.0 Å². The molecule has 52 valence electrons. The highest BCUT2D eigenvalue weighted by atomic mass is 16.5. The summed E-state index contributed by atoms with van der Waals surface area (Å²) in [6.45, 7) is 0. The van der Waals surface area contributed by atoms with Crippen LogP contribution < -0.4 is 0 Å². The van der Waals surface area contributed by atoms with Gasteiger partial charge in [-0.3, -0.25) is 0 Å². The van der Waals surface area contributed by atoms with E-state index in [2.05, 4.69) is 18.2 Å². The molecule has 0 saturated heterocycles. The molecule has 0 saturated carbocycles. The molecule has 0 spiro atoms. The fraction of sp³-hybridized carbons (Fsp3) is 0.333. The minimum atomic E-state index is 1.08. The van der Waals surface area contributed by atoms with Crippen molar-refractivity contribution in [2.45, 2.75) is 19.3 Å². The summed E-state index contributed by atoms with van der Waals surface area (Å²) >= 11 is 0. The van der Waals surface area contributed by atoms with Crippen molar-refractivity contribution < 1.29 is 4.74 Å². The number of allylic oxidation sites excluding steroid dienone is 4. The van der Waals surface area contributed by atoms with E-state index in [-0.39, 0.29) is 0 Å². The topological polar surface area (TPSA) is 9.23 Å². The molecule has 1 heterocycles. The molecule has 2 rings (SSSR count). The van der Waals surface area contributed by atoms with Gasteiger partial charge in [-0.1, -0.05) is 6.08 Å². The summed E-state index contributed by atoms with van der Waals surface area (Å²) in [6.07, 6.45) is 11.5. The molecule has 0 radical (unpaired) electrons. The molecule has 2 aliphatic rings. The van der Waals surface area contributed by atoms with Crippen LogP contribution in [0.3, 0.4) is 0 Å². The van der Waals surface area contributed by atoms with Crippen LogP contribution in [0.4, 0.5) is 0 Å². The van der Waals surface area contributed by atoms with Gasteiger partial charge in [-0.15, -0.1) is 0 Å². The highest BCUT2D eigenvalue weighted by Gasteiger charge is 2.09. The zero-order valence-electron chi connectivity index (χ0n) is 5.84. The molecule has 0 fully saturated rings. The monoisotopic (exact) mass is 134 g/mol. The molecule has 0 aromatic carbocycles. The van der Waals surface area contributed by atoms with Crippen molar-refractivity contribution in [1.29, 1.82) is 0 Å². The van der Waals surface area contributed by atoms with Crippen molar-refractivity contribution in [3.05, 3.63) is 35.8 Å². The lowest BCUT2D eigenvalue weighted by atomic mass is 10.00. The average molecular weight is 134 g/mol. The Balaban J connectivity index is 2.25. The van der Waals surface area contributed by atoms with Crippen LogP contribution in [0, 0.1) is 0 Å². The van der Waals surface area contributed by atoms with E-state index in [9.17, 15) is 0 Å². The molecule has 1 aliphatic heterocycles. The zero-order valence-corrected chi connectivity index (χ0v) is 5.84. The molecule has 0 N–H and O–H groups in total. The second-order valence-electron chi connectivity index (χ2n) is 2.60. The summed E-state index contributed by atoms with van der Waals surface area (Å²) in [5.74, 6) is 1.08. The Morgan fingerprint density at radius 2 is 2.30 bits per heavy atom. The van der Waals surface area contributed by atoms with E-state index >= 15 is 0 Å². The van der Waals surface area contributed by atoms with Gasteiger partial charge >= 0.3 is 0 Å². The number of rotatable bonds is 0. The normalized spacial score (nSPS) is 22.4. The third-order valence-electron chi connectivity index (χ3n) is 1.89. The molecule has 0 aromatic rings. The van der Waals surface area contributed by atoms with Crippen LogP contribution in [0.5, 0.6) is 0 Å². The van der Waals surface area contributed by atoms with Gasteiger partial charge in [0.05, 0.1) is 6.26 Å². The van der Waals surface area contributed by atoms with Crippen molar-refractivity contribution in [2.24, 2.45) is 0 Å². The van der Waals surface area contributed by atoms with Crippen molar-refractivity contribution >= 4 is 0 Å². The number of hydrogen-bond acceptors (Lipinski definition) is 1. The Hall–Kier alpha value is -0.980. The molecule has 0 aromatic heterocycles. The smallest absolute Gasteiger partial charge is 0.125 e. The lowest BCUT2D eigenvalue weighted by molar-refractivity contribution is 0.347. The standard InChI is InChI=1S/C9H10O/c1-2-6-9-8(4-1)5-3-7-10-9/h2-3,6-7H,1,4-5H2. The van der Waals surface area contributed by atoms with Crippen LogP contribution in [0.15, 0.2) is 35.8 Å². The highest BCUT2D eigenvalue weighted by molar-refractivity contribution is 5.28. The van der Waals surface area contributed by atoms with E-state index in [4.69, 9.17) is 4.74 Å². The molecule has 0 atom stereocenters. The summed E-state index contributed by atoms with van der Waals surface area (Å²) in [7, 11) is 0. The molecular formula is C9H10O. The van der Waals surface area contributed by atoms with Gasteiger partial charge in [-0.25, -0.2) is 0 Å². The number of hydrogen-bond donors (Lipinski definition) is 0. The molecule has 10 heavy (non-hydrogen) atoms. The first kappa shape index (κ1) is 5.78. The van der Waals surface area contributed by atoms with Gasteiger partial charge in [-0.2, -0.15) is 0 Å². The highest BCUT2D eigenvalue weighted by Crippen LogP contribution is 2.25. The van der Waals surface area contributed by atoms with E-state index in [0.29, 0.717) is 0 Å². The van der Waals surface area contributed by atoms with E-state index < -0.39 is 0 Å². The summed E-state index contributed by atoms with van der Waals surface area (Å²) in [4.78, 5) is 0. The molecule has 0 bridgehead atoms. The largest absolute Gasteiger partial charge is 0.465 e. The first-order valence-corrected chi connectivity index (χ1v) is 3.67. The van der Waals surface area contributed by atoms with Gasteiger partial charge in [0.15, 0.2) is 0 Å². The molecule has 1 heteroatoms. The van der Waals surface area contributed by atoms with Crippen LogP contribution in [0.2, 0.25) is 0 Å². The Morgan fingerprint density at radius 3 is 3.20 bits per heavy atom. The van der Waals surface area contributed by atoms with Crippen molar-refractivity contribution in [1.82, 2.24) is 0 Å². The summed E-state index contributed by atoms with van der Waals surface area (Å²) in [5, 5.41) is 0. The SMILES string of the molecule is C1=CC2=C(CC=CO2)CC1. The first-order chi connectivity index (χ1) is 4.97. The van der Waals surface area contributed by atoms with Crippen molar-refractivity contribution in [3.8, 4) is 0 Å². The number of ether oxygens (including phenoxy) is 1. The van der Waals surface area contributed by atoms with Crippen LogP contribution in [-0.4, -0.2) is 0 Å². The predicted molar refractivity (Wildman–Crippen MR) is 40.2 cm³/mol. The quantitative estimate of drug-likeness (QED) is 0.494. The second-order valence-corrected chi connectivity index (χ2v) is 2.60. The molecule has 1 aliphatic carbocycles. The third-order valence-corrected chi connectivity index (χ3v) is 1.89. The van der Waals surface area contributed by atoms with Gasteiger partial charge in [0.1, 0.15) is 5.76 Å². The van der Waals surface area contributed by atoms with E-state index in [1.165, 1.54) is 18.4 Å². The first-order valence-electron chi connectivity index (χ1n) is 3.67. The molecule has 0 unspecified atom stereocenters. The fourth-order valence-corrected chi connectivity index (χ4v) is 1.33. The van der Waals surface area contributed by atoms with Crippen LogP contribution in [0.1, 0.15) is 19.3 Å². The van der Waals surface area contributed by atoms with Gasteiger partial charge in [0.25, 0.3) is 0 Å². The molecule has 1 nitrogen and oxygen atoms in total. The lowest BCUT2D eigenvalue weighted by Crippen LogP contribution is -1.99. The van der Waals surface area contributed by atoms with E-state index in [1.54, 1.807) is 6.26 Å². The van der Waals surface area contributed by atoms with E-state index in [0.717, 1.165) is 12.2 Å². The summed E-state index contributed by atoms with van der Waals surface area (Å²) in [6, 6.07) is 0. The third kappa shape index (κ3) is 0.878. The summed E-state index contributed by atoms with van der Waals surface area (Å²) in [5.41, 5.74) is 1.45. The molecular weight excluding hydrogens is 124 g/mol. The maximum atomic E-state index is 5.29. The minimum Gasteiger partial charge on any atom is -0.465 e. The minimum absolute atomic E-state index is 1.08. The van der Waals surface area contributed by atoms with Crippen molar-refractivity contribution in [2.75, 3.05) is 0 Å². The second kappa shape index (κ2) is 2.33. The Bertz CT molecular complexity index is 221. The predicted octanol–water partition coefficient (Wildman–Crippen LogP) is 2.52. The average Bonchev–Trinajstić information content (AvgIpc) is 2.05. The van der Waals surface area contributed by atoms with Crippen LogP contribution in [0.25, 0.3) is 0 Å². The maximum Gasteiger partial charge on any atom is 0.125 e. The molecule has 0 amide bonds. The van der Waals surface area contributed by atoms with E-state index in [1.807, 2.05) is 0 Å². The van der Waals surface area contributed by atoms with Crippen molar-refractivity contribution in [3.63, 3.8) is 0 Å².